The van der Waals surface area contributed by atoms with E-state index < -0.39 is 4.92 Å². The van der Waals surface area contributed by atoms with Gasteiger partial charge < -0.3 is 10.5 Å². The van der Waals surface area contributed by atoms with Crippen LogP contribution in [0.2, 0.25) is 0 Å². The minimum absolute atomic E-state index is 0.0550. The SMILES string of the molecule is COc1cc([N+](=O)[O-])ccc1CCCCN. The van der Waals surface area contributed by atoms with Crippen LogP contribution in [0.1, 0.15) is 18.4 Å². The van der Waals surface area contributed by atoms with Gasteiger partial charge in [0.05, 0.1) is 18.1 Å². The van der Waals surface area contributed by atoms with Crippen molar-refractivity contribution < 1.29 is 9.66 Å². The molecule has 1 aromatic carbocycles. The number of methoxy groups -OCH3 is 1. The highest BCUT2D eigenvalue weighted by atomic mass is 16.6. The second-order valence-corrected chi connectivity index (χ2v) is 3.50. The van der Waals surface area contributed by atoms with Crippen LogP contribution in [-0.2, 0) is 6.42 Å². The molecule has 1 aromatic rings. The molecule has 0 fully saturated rings. The Kier molecular flexibility index (Phi) is 4.72. The maximum absolute atomic E-state index is 10.6. The minimum Gasteiger partial charge on any atom is -0.496 e. The molecule has 0 spiro atoms. The predicted molar refractivity (Wildman–Crippen MR) is 61.6 cm³/mol. The summed E-state index contributed by atoms with van der Waals surface area (Å²) in [6, 6.07) is 4.70. The Balaban J connectivity index is 2.80. The van der Waals surface area contributed by atoms with Crippen LogP contribution in [0.5, 0.6) is 5.75 Å². The first-order valence-corrected chi connectivity index (χ1v) is 5.20. The molecule has 0 saturated heterocycles. The van der Waals surface area contributed by atoms with Gasteiger partial charge in [-0.1, -0.05) is 0 Å². The van der Waals surface area contributed by atoms with Crippen LogP contribution in [0.4, 0.5) is 5.69 Å². The summed E-state index contributed by atoms with van der Waals surface area (Å²) in [5.41, 5.74) is 6.45. The number of non-ortho nitro benzene ring substituents is 1. The van der Waals surface area contributed by atoms with Crippen molar-refractivity contribution in [3.05, 3.63) is 33.9 Å². The van der Waals surface area contributed by atoms with Crippen LogP contribution in [-0.4, -0.2) is 18.6 Å². The monoisotopic (exact) mass is 224 g/mol. The van der Waals surface area contributed by atoms with Gasteiger partial charge in [-0.25, -0.2) is 0 Å². The fourth-order valence-corrected chi connectivity index (χ4v) is 1.51. The van der Waals surface area contributed by atoms with Crippen LogP contribution in [0, 0.1) is 10.1 Å². The van der Waals surface area contributed by atoms with Gasteiger partial charge in [-0.05, 0) is 37.4 Å². The molecule has 0 aliphatic heterocycles. The van der Waals surface area contributed by atoms with Crippen LogP contribution in [0.15, 0.2) is 18.2 Å². The molecule has 0 heterocycles. The van der Waals surface area contributed by atoms with Gasteiger partial charge in [-0.15, -0.1) is 0 Å². The van der Waals surface area contributed by atoms with Crippen molar-refractivity contribution in [3.63, 3.8) is 0 Å². The van der Waals surface area contributed by atoms with Crippen molar-refractivity contribution in [2.75, 3.05) is 13.7 Å². The van der Waals surface area contributed by atoms with Crippen molar-refractivity contribution in [2.24, 2.45) is 5.73 Å². The van der Waals surface area contributed by atoms with E-state index in [0.717, 1.165) is 24.8 Å². The second-order valence-electron chi connectivity index (χ2n) is 3.50. The number of nitrogens with two attached hydrogens (primary N) is 1. The smallest absolute Gasteiger partial charge is 0.273 e. The Morgan fingerprint density at radius 3 is 2.75 bits per heavy atom. The lowest BCUT2D eigenvalue weighted by molar-refractivity contribution is -0.384. The molecule has 16 heavy (non-hydrogen) atoms. The van der Waals surface area contributed by atoms with E-state index in [9.17, 15) is 10.1 Å². The molecule has 0 amide bonds. The summed E-state index contributed by atoms with van der Waals surface area (Å²) in [5, 5.41) is 10.6. The number of nitro groups is 1. The summed E-state index contributed by atoms with van der Waals surface area (Å²) >= 11 is 0. The van der Waals surface area contributed by atoms with Crippen molar-refractivity contribution >= 4 is 5.69 Å². The molecule has 0 aliphatic rings. The third-order valence-electron chi connectivity index (χ3n) is 2.38. The molecule has 0 atom stereocenters. The standard InChI is InChI=1S/C11H16N2O3/c1-16-11-8-10(13(14)15)6-5-9(11)4-2-3-7-12/h5-6,8H,2-4,7,12H2,1H3. The molecule has 0 radical (unpaired) electrons. The van der Waals surface area contributed by atoms with Crippen molar-refractivity contribution in [3.8, 4) is 5.75 Å². The summed E-state index contributed by atoms with van der Waals surface area (Å²) in [7, 11) is 1.52. The third kappa shape index (κ3) is 3.20. The van der Waals surface area contributed by atoms with Gasteiger partial charge >= 0.3 is 0 Å². The Morgan fingerprint density at radius 2 is 2.19 bits per heavy atom. The number of nitrogens with zero attached hydrogens (tertiary/aromatic N) is 1. The summed E-state index contributed by atoms with van der Waals surface area (Å²) in [5.74, 6) is 0.575. The Bertz CT molecular complexity index is 366. The first kappa shape index (κ1) is 12.4. The number of hydrogen-bond donors (Lipinski definition) is 1. The van der Waals surface area contributed by atoms with Gasteiger partial charge in [0, 0.05) is 6.07 Å². The maximum atomic E-state index is 10.6. The summed E-state index contributed by atoms with van der Waals surface area (Å²) in [6.45, 7) is 0.662. The van der Waals surface area contributed by atoms with Crippen LogP contribution < -0.4 is 10.5 Å². The highest BCUT2D eigenvalue weighted by molar-refractivity contribution is 5.44. The topological polar surface area (TPSA) is 78.4 Å². The van der Waals surface area contributed by atoms with Gasteiger partial charge in [0.15, 0.2) is 0 Å². The average molecular weight is 224 g/mol. The van der Waals surface area contributed by atoms with E-state index >= 15 is 0 Å². The molecule has 0 bridgehead atoms. The van der Waals surface area contributed by atoms with Gasteiger partial charge in [-0.2, -0.15) is 0 Å². The van der Waals surface area contributed by atoms with Crippen LogP contribution >= 0.6 is 0 Å². The lowest BCUT2D eigenvalue weighted by atomic mass is 10.1. The van der Waals surface area contributed by atoms with E-state index in [1.165, 1.54) is 19.2 Å². The molecule has 2 N–H and O–H groups in total. The number of nitro benzene ring substituents is 1. The number of ether oxygens (including phenoxy) is 1. The molecule has 1 rings (SSSR count). The summed E-state index contributed by atoms with van der Waals surface area (Å²) in [4.78, 5) is 10.1. The van der Waals surface area contributed by atoms with E-state index in [1.54, 1.807) is 6.07 Å². The lowest BCUT2D eigenvalue weighted by Gasteiger charge is -2.07. The number of aryl methyl sites for hydroxylation is 1. The van der Waals surface area contributed by atoms with Crippen molar-refractivity contribution in [1.82, 2.24) is 0 Å². The van der Waals surface area contributed by atoms with E-state index in [1.807, 2.05) is 0 Å². The minimum atomic E-state index is -0.424. The van der Waals surface area contributed by atoms with E-state index in [2.05, 4.69) is 0 Å². The van der Waals surface area contributed by atoms with Gasteiger partial charge in [0.1, 0.15) is 5.75 Å². The zero-order valence-electron chi connectivity index (χ0n) is 9.31. The van der Waals surface area contributed by atoms with Gasteiger partial charge in [0.2, 0.25) is 0 Å². The third-order valence-corrected chi connectivity index (χ3v) is 2.38. The number of benzene rings is 1. The molecule has 0 aliphatic carbocycles. The summed E-state index contributed by atoms with van der Waals surface area (Å²) < 4.78 is 5.13. The Hall–Kier alpha value is -1.62. The normalized spacial score (nSPS) is 10.1. The van der Waals surface area contributed by atoms with E-state index in [4.69, 9.17) is 10.5 Å². The highest BCUT2D eigenvalue weighted by Gasteiger charge is 2.10. The van der Waals surface area contributed by atoms with Crippen LogP contribution in [0.25, 0.3) is 0 Å². The number of rotatable bonds is 6. The van der Waals surface area contributed by atoms with Gasteiger partial charge in [-0.3, -0.25) is 10.1 Å². The predicted octanol–water partition coefficient (Wildman–Crippen LogP) is 1.88. The number of hydrogen-bond acceptors (Lipinski definition) is 4. The van der Waals surface area contributed by atoms with Gasteiger partial charge in [0.25, 0.3) is 5.69 Å². The quantitative estimate of drug-likeness (QED) is 0.454. The molecule has 88 valence electrons. The van der Waals surface area contributed by atoms with Crippen LogP contribution in [0.3, 0.4) is 0 Å². The molecular formula is C11H16N2O3. The molecular weight excluding hydrogens is 208 g/mol. The average Bonchev–Trinajstić information content (AvgIpc) is 2.29. The molecule has 0 saturated carbocycles. The largest absolute Gasteiger partial charge is 0.496 e. The fraction of sp³-hybridized carbons (Fsp3) is 0.455. The Morgan fingerprint density at radius 1 is 1.44 bits per heavy atom. The zero-order chi connectivity index (χ0) is 12.0. The van der Waals surface area contributed by atoms with E-state index in [-0.39, 0.29) is 5.69 Å². The van der Waals surface area contributed by atoms with Crippen molar-refractivity contribution in [2.45, 2.75) is 19.3 Å². The Labute approximate surface area is 94.4 Å². The summed E-state index contributed by atoms with van der Waals surface area (Å²) in [6.07, 6.45) is 2.74. The first-order valence-electron chi connectivity index (χ1n) is 5.20. The molecule has 0 aromatic heterocycles. The molecule has 5 heteroatoms. The highest BCUT2D eigenvalue weighted by Crippen LogP contribution is 2.25. The second kappa shape index (κ2) is 6.07. The first-order chi connectivity index (χ1) is 7.69. The van der Waals surface area contributed by atoms with E-state index in [0.29, 0.717) is 12.3 Å². The van der Waals surface area contributed by atoms with Crippen molar-refractivity contribution in [1.29, 1.82) is 0 Å². The number of unbranched alkanes of at least 4 members (excludes halogenated alkanes) is 1. The lowest BCUT2D eigenvalue weighted by Crippen LogP contribution is -2.00. The molecule has 5 nitrogen and oxygen atoms in total. The molecule has 0 unspecified atom stereocenters. The fourth-order valence-electron chi connectivity index (χ4n) is 1.51. The zero-order valence-corrected chi connectivity index (χ0v) is 9.31. The maximum Gasteiger partial charge on any atom is 0.273 e.